The molecule has 102 valence electrons. The Bertz CT molecular complexity index is 466. The maximum absolute atomic E-state index is 11.9. The van der Waals surface area contributed by atoms with Gasteiger partial charge < -0.3 is 4.90 Å². The smallest absolute Gasteiger partial charge is 0.297 e. The summed E-state index contributed by atoms with van der Waals surface area (Å²) < 4.78 is 29.0. The molecule has 0 amide bonds. The zero-order chi connectivity index (χ0) is 13.8. The van der Waals surface area contributed by atoms with Gasteiger partial charge in [0.15, 0.2) is 0 Å². The molecule has 1 aromatic carbocycles. The van der Waals surface area contributed by atoms with Crippen LogP contribution in [0.3, 0.4) is 0 Å². The van der Waals surface area contributed by atoms with Crippen molar-refractivity contribution in [3.05, 3.63) is 29.8 Å². The highest BCUT2D eigenvalue weighted by Crippen LogP contribution is 2.14. The molecule has 0 aliphatic rings. The molecule has 0 aliphatic carbocycles. The van der Waals surface area contributed by atoms with Crippen LogP contribution in [0.15, 0.2) is 29.2 Å². The largest absolute Gasteiger partial charge is 0.304 e. The Morgan fingerprint density at radius 3 is 2.22 bits per heavy atom. The molecule has 0 saturated heterocycles. The maximum atomic E-state index is 11.9. The molecule has 1 unspecified atom stereocenters. The van der Waals surface area contributed by atoms with Crippen molar-refractivity contribution in [2.75, 3.05) is 20.7 Å². The first-order valence-corrected chi connectivity index (χ1v) is 7.40. The van der Waals surface area contributed by atoms with E-state index in [0.29, 0.717) is 0 Å². The summed E-state index contributed by atoms with van der Waals surface area (Å²) in [5.41, 5.74) is 1.02. The quantitative estimate of drug-likeness (QED) is 0.743. The molecule has 5 heteroatoms. The van der Waals surface area contributed by atoms with Crippen LogP contribution in [0, 0.1) is 6.92 Å². The summed E-state index contributed by atoms with van der Waals surface area (Å²) >= 11 is 0. The first-order valence-electron chi connectivity index (χ1n) is 5.99. The molecule has 1 aromatic rings. The lowest BCUT2D eigenvalue weighted by molar-refractivity contribution is 0.185. The van der Waals surface area contributed by atoms with Crippen LogP contribution < -0.4 is 0 Å². The van der Waals surface area contributed by atoms with E-state index in [2.05, 4.69) is 0 Å². The van der Waals surface area contributed by atoms with Crippen molar-refractivity contribution in [1.29, 1.82) is 0 Å². The minimum absolute atomic E-state index is 0.102. The summed E-state index contributed by atoms with van der Waals surface area (Å²) in [6.07, 6.45) is 0.844. The van der Waals surface area contributed by atoms with Gasteiger partial charge in [-0.05, 0) is 39.6 Å². The second kappa shape index (κ2) is 6.31. The van der Waals surface area contributed by atoms with E-state index < -0.39 is 10.1 Å². The molecular weight excluding hydrogens is 250 g/mol. The second-order valence-electron chi connectivity index (χ2n) is 4.58. The Balaban J connectivity index is 2.73. The van der Waals surface area contributed by atoms with Crippen molar-refractivity contribution >= 4 is 10.1 Å². The standard InChI is InChI=1S/C13H21NO3S/c1-5-12(14(3)4)10-17-18(15,16)13-8-6-11(2)7-9-13/h6-9,12H,5,10H2,1-4H3. The van der Waals surface area contributed by atoms with Gasteiger partial charge in [0.2, 0.25) is 0 Å². The number of likely N-dealkylation sites (N-methyl/N-ethyl adjacent to an activating group) is 1. The summed E-state index contributed by atoms with van der Waals surface area (Å²) in [6.45, 7) is 4.10. The molecule has 18 heavy (non-hydrogen) atoms. The summed E-state index contributed by atoms with van der Waals surface area (Å²) in [4.78, 5) is 2.17. The van der Waals surface area contributed by atoms with Crippen LogP contribution >= 0.6 is 0 Å². The Kier molecular flexibility index (Phi) is 5.31. The lowest BCUT2D eigenvalue weighted by Crippen LogP contribution is -2.32. The number of nitrogens with zero attached hydrogens (tertiary/aromatic N) is 1. The van der Waals surface area contributed by atoms with Gasteiger partial charge >= 0.3 is 0 Å². The minimum atomic E-state index is -3.64. The highest BCUT2D eigenvalue weighted by Gasteiger charge is 2.18. The Morgan fingerprint density at radius 1 is 1.22 bits per heavy atom. The van der Waals surface area contributed by atoms with Crippen LogP contribution in [0.4, 0.5) is 0 Å². The van der Waals surface area contributed by atoms with Gasteiger partial charge in [0.05, 0.1) is 11.5 Å². The highest BCUT2D eigenvalue weighted by atomic mass is 32.2. The van der Waals surface area contributed by atoms with Crippen molar-refractivity contribution in [2.45, 2.75) is 31.2 Å². The molecule has 0 saturated carbocycles. The van der Waals surface area contributed by atoms with Crippen LogP contribution in [-0.2, 0) is 14.3 Å². The normalized spacial score (nSPS) is 13.8. The Morgan fingerprint density at radius 2 is 1.78 bits per heavy atom. The van der Waals surface area contributed by atoms with Gasteiger partial charge in [-0.15, -0.1) is 0 Å². The fraction of sp³-hybridized carbons (Fsp3) is 0.538. The Hall–Kier alpha value is -0.910. The minimum Gasteiger partial charge on any atom is -0.304 e. The molecule has 0 radical (unpaired) electrons. The van der Waals surface area contributed by atoms with E-state index in [0.717, 1.165) is 12.0 Å². The lowest BCUT2D eigenvalue weighted by atomic mass is 10.2. The van der Waals surface area contributed by atoms with Gasteiger partial charge in [-0.3, -0.25) is 4.18 Å². The van der Waals surface area contributed by atoms with Crippen LogP contribution in [0.5, 0.6) is 0 Å². The average Bonchev–Trinajstić information content (AvgIpc) is 2.29. The van der Waals surface area contributed by atoms with Crippen LogP contribution in [-0.4, -0.2) is 40.1 Å². The van der Waals surface area contributed by atoms with Crippen molar-refractivity contribution in [3.63, 3.8) is 0 Å². The molecule has 0 N–H and O–H groups in total. The van der Waals surface area contributed by atoms with E-state index in [1.54, 1.807) is 24.3 Å². The highest BCUT2D eigenvalue weighted by molar-refractivity contribution is 7.86. The zero-order valence-electron chi connectivity index (χ0n) is 11.4. The predicted molar refractivity (Wildman–Crippen MR) is 72.1 cm³/mol. The first-order chi connectivity index (χ1) is 8.36. The molecule has 0 fully saturated rings. The summed E-state index contributed by atoms with van der Waals surface area (Å²) in [6, 6.07) is 6.77. The molecule has 0 aromatic heterocycles. The topological polar surface area (TPSA) is 46.6 Å². The predicted octanol–water partition coefficient (Wildman–Crippen LogP) is 2.04. The van der Waals surface area contributed by atoms with Gasteiger partial charge in [-0.2, -0.15) is 8.42 Å². The van der Waals surface area contributed by atoms with E-state index in [1.165, 1.54) is 0 Å². The Labute approximate surface area is 110 Å². The molecule has 0 bridgehead atoms. The lowest BCUT2D eigenvalue weighted by Gasteiger charge is -2.22. The SMILES string of the molecule is CCC(COS(=O)(=O)c1ccc(C)cc1)N(C)C. The second-order valence-corrected chi connectivity index (χ2v) is 6.19. The number of hydrogen-bond donors (Lipinski definition) is 0. The number of benzene rings is 1. The van der Waals surface area contributed by atoms with Crippen molar-refractivity contribution < 1.29 is 12.6 Å². The monoisotopic (exact) mass is 271 g/mol. The number of aryl methyl sites for hydroxylation is 1. The summed E-state index contributed by atoms with van der Waals surface area (Å²) in [5.74, 6) is 0. The van der Waals surface area contributed by atoms with E-state index in [4.69, 9.17) is 4.18 Å². The van der Waals surface area contributed by atoms with Gasteiger partial charge in [0.1, 0.15) is 0 Å². The average molecular weight is 271 g/mol. The van der Waals surface area contributed by atoms with Crippen molar-refractivity contribution in [3.8, 4) is 0 Å². The molecule has 1 rings (SSSR count). The van der Waals surface area contributed by atoms with E-state index in [-0.39, 0.29) is 17.5 Å². The van der Waals surface area contributed by atoms with Gasteiger partial charge in [0, 0.05) is 6.04 Å². The summed E-state index contributed by atoms with van der Waals surface area (Å²) in [7, 11) is 0.183. The van der Waals surface area contributed by atoms with Gasteiger partial charge in [-0.1, -0.05) is 24.6 Å². The third-order valence-electron chi connectivity index (χ3n) is 2.93. The van der Waals surface area contributed by atoms with E-state index in [1.807, 2.05) is 32.8 Å². The molecule has 0 heterocycles. The van der Waals surface area contributed by atoms with Gasteiger partial charge in [0.25, 0.3) is 10.1 Å². The van der Waals surface area contributed by atoms with E-state index >= 15 is 0 Å². The molecule has 1 atom stereocenters. The van der Waals surface area contributed by atoms with Crippen LogP contribution in [0.1, 0.15) is 18.9 Å². The number of rotatable bonds is 6. The maximum Gasteiger partial charge on any atom is 0.297 e. The van der Waals surface area contributed by atoms with Crippen molar-refractivity contribution in [2.24, 2.45) is 0 Å². The van der Waals surface area contributed by atoms with Crippen LogP contribution in [0.25, 0.3) is 0 Å². The number of hydrogen-bond acceptors (Lipinski definition) is 4. The summed E-state index contributed by atoms with van der Waals surface area (Å²) in [5, 5.41) is 0. The molecular formula is C13H21NO3S. The fourth-order valence-electron chi connectivity index (χ4n) is 1.57. The van der Waals surface area contributed by atoms with Crippen LogP contribution in [0.2, 0.25) is 0 Å². The van der Waals surface area contributed by atoms with E-state index in [9.17, 15) is 8.42 Å². The third kappa shape index (κ3) is 4.08. The molecule has 0 aliphatic heterocycles. The zero-order valence-corrected chi connectivity index (χ0v) is 12.2. The van der Waals surface area contributed by atoms with Gasteiger partial charge in [-0.25, -0.2) is 0 Å². The van der Waals surface area contributed by atoms with Crippen molar-refractivity contribution in [1.82, 2.24) is 4.90 Å². The third-order valence-corrected chi connectivity index (χ3v) is 4.22. The fourth-order valence-corrected chi connectivity index (χ4v) is 2.51. The first kappa shape index (κ1) is 15.1. The molecule has 4 nitrogen and oxygen atoms in total. The molecule has 0 spiro atoms.